The fourth-order valence-electron chi connectivity index (χ4n) is 3.19. The zero-order chi connectivity index (χ0) is 18.4. The van der Waals surface area contributed by atoms with Gasteiger partial charge in [-0.2, -0.15) is 9.82 Å². The fourth-order valence-corrected chi connectivity index (χ4v) is 5.97. The molecule has 1 atom stereocenters. The highest BCUT2D eigenvalue weighted by Gasteiger charge is 2.35. The smallest absolute Gasteiger partial charge is 0.246 e. The lowest BCUT2D eigenvalue weighted by molar-refractivity contribution is -0.121. The maximum Gasteiger partial charge on any atom is 0.246 e. The van der Waals surface area contributed by atoms with E-state index in [9.17, 15) is 13.2 Å². The molecule has 0 radical (unpaired) electrons. The van der Waals surface area contributed by atoms with Gasteiger partial charge in [-0.25, -0.2) is 8.42 Å². The van der Waals surface area contributed by atoms with Crippen molar-refractivity contribution in [1.82, 2.24) is 14.5 Å². The van der Waals surface area contributed by atoms with Crippen LogP contribution in [0.15, 0.2) is 17.0 Å². The Balaban J connectivity index is 1.84. The minimum Gasteiger partial charge on any atom is -0.296 e. The zero-order valence-corrected chi connectivity index (χ0v) is 16.4. The molecule has 136 valence electrons. The van der Waals surface area contributed by atoms with Crippen LogP contribution in [0.5, 0.6) is 0 Å². The molecule has 0 bridgehead atoms. The molecular formula is C16H22N4O3S2. The van der Waals surface area contributed by atoms with Crippen molar-refractivity contribution in [2.24, 2.45) is 7.05 Å². The molecule has 9 heteroatoms. The molecule has 1 fully saturated rings. The Morgan fingerprint density at radius 2 is 2.00 bits per heavy atom. The molecule has 1 unspecified atom stereocenters. The topological polar surface area (TPSA) is 84.3 Å². The maximum atomic E-state index is 12.8. The monoisotopic (exact) mass is 382 g/mol. The predicted octanol–water partition coefficient (Wildman–Crippen LogP) is 1.88. The number of thiophene rings is 1. The van der Waals surface area contributed by atoms with Crippen LogP contribution in [0.25, 0.3) is 0 Å². The lowest BCUT2D eigenvalue weighted by atomic mass is 10.1. The van der Waals surface area contributed by atoms with E-state index in [0.717, 1.165) is 21.9 Å². The van der Waals surface area contributed by atoms with Gasteiger partial charge in [0.25, 0.3) is 0 Å². The second-order valence-corrected chi connectivity index (χ2v) is 9.49. The number of rotatable bonds is 4. The van der Waals surface area contributed by atoms with Crippen LogP contribution >= 0.6 is 11.3 Å². The highest BCUT2D eigenvalue weighted by atomic mass is 32.2. The highest BCUT2D eigenvalue weighted by Crippen LogP contribution is 2.27. The number of carbonyl (C=O) groups is 1. The fraction of sp³-hybridized carbons (Fsp3) is 0.500. The van der Waals surface area contributed by atoms with Crippen LogP contribution in [0.3, 0.4) is 0 Å². The molecule has 1 aliphatic rings. The van der Waals surface area contributed by atoms with Gasteiger partial charge in [-0.15, -0.1) is 11.3 Å². The lowest BCUT2D eigenvalue weighted by Gasteiger charge is -2.32. The van der Waals surface area contributed by atoms with E-state index in [0.29, 0.717) is 18.8 Å². The van der Waals surface area contributed by atoms with E-state index >= 15 is 0 Å². The van der Waals surface area contributed by atoms with Crippen LogP contribution in [-0.2, 0) is 21.9 Å². The predicted molar refractivity (Wildman–Crippen MR) is 97.4 cm³/mol. The molecular weight excluding hydrogens is 360 g/mol. The molecule has 0 saturated carbocycles. The molecule has 1 N–H and O–H groups in total. The second-order valence-electron chi connectivity index (χ2n) is 6.35. The van der Waals surface area contributed by atoms with Crippen molar-refractivity contribution in [3.63, 3.8) is 0 Å². The second kappa shape index (κ2) is 6.54. The molecule has 0 aromatic carbocycles. The van der Waals surface area contributed by atoms with Crippen LogP contribution < -0.4 is 9.62 Å². The quantitative estimate of drug-likeness (QED) is 0.875. The van der Waals surface area contributed by atoms with Crippen molar-refractivity contribution in [2.45, 2.75) is 44.6 Å². The molecule has 0 spiro atoms. The average Bonchev–Trinajstić information content (AvgIpc) is 3.03. The van der Waals surface area contributed by atoms with Gasteiger partial charge in [0, 0.05) is 29.4 Å². The molecule has 1 amide bonds. The van der Waals surface area contributed by atoms with E-state index in [1.807, 2.05) is 19.9 Å². The minimum absolute atomic E-state index is 0.234. The van der Waals surface area contributed by atoms with Crippen molar-refractivity contribution in [2.75, 3.05) is 11.4 Å². The SMILES string of the molecule is Cc1cc(N2CCCC(NS(=O)(=O)c3cc(C)sc3C)C2=O)n(C)n1. The van der Waals surface area contributed by atoms with E-state index in [-0.39, 0.29) is 10.8 Å². The first-order valence-electron chi connectivity index (χ1n) is 8.10. The van der Waals surface area contributed by atoms with Gasteiger partial charge >= 0.3 is 0 Å². The summed E-state index contributed by atoms with van der Waals surface area (Å²) in [6.07, 6.45) is 1.22. The molecule has 7 nitrogen and oxygen atoms in total. The molecule has 2 aromatic rings. The number of hydrogen-bond donors (Lipinski definition) is 1. The third-order valence-corrected chi connectivity index (χ3v) is 6.97. The van der Waals surface area contributed by atoms with Gasteiger partial charge in [0.2, 0.25) is 15.9 Å². The Hall–Kier alpha value is -1.71. The number of piperidine rings is 1. The summed E-state index contributed by atoms with van der Waals surface area (Å²) in [5.41, 5.74) is 0.817. The van der Waals surface area contributed by atoms with Crippen molar-refractivity contribution in [3.05, 3.63) is 27.6 Å². The van der Waals surface area contributed by atoms with E-state index < -0.39 is 16.1 Å². The maximum absolute atomic E-state index is 12.8. The van der Waals surface area contributed by atoms with Gasteiger partial charge in [0.1, 0.15) is 11.9 Å². The van der Waals surface area contributed by atoms with E-state index in [1.165, 1.54) is 11.3 Å². The van der Waals surface area contributed by atoms with E-state index in [2.05, 4.69) is 9.82 Å². The van der Waals surface area contributed by atoms with E-state index in [1.54, 1.807) is 29.6 Å². The first-order valence-corrected chi connectivity index (χ1v) is 10.4. The molecule has 1 aliphatic heterocycles. The number of aryl methyl sites for hydroxylation is 4. The third-order valence-electron chi connectivity index (χ3n) is 4.27. The summed E-state index contributed by atoms with van der Waals surface area (Å²) in [6.45, 7) is 6.07. The van der Waals surface area contributed by atoms with Crippen molar-refractivity contribution in [3.8, 4) is 0 Å². The van der Waals surface area contributed by atoms with Gasteiger partial charge in [-0.3, -0.25) is 14.4 Å². The number of carbonyl (C=O) groups excluding carboxylic acids is 1. The van der Waals surface area contributed by atoms with Gasteiger partial charge in [-0.05, 0) is 39.7 Å². The number of hydrogen-bond acceptors (Lipinski definition) is 5. The summed E-state index contributed by atoms with van der Waals surface area (Å²) in [5.74, 6) is 0.455. The average molecular weight is 383 g/mol. The van der Waals surface area contributed by atoms with Crippen molar-refractivity contribution >= 4 is 33.1 Å². The van der Waals surface area contributed by atoms with Gasteiger partial charge in [0.15, 0.2) is 0 Å². The third kappa shape index (κ3) is 3.49. The molecule has 25 heavy (non-hydrogen) atoms. The normalized spacial score (nSPS) is 18.8. The Labute approximate surface area is 151 Å². The van der Waals surface area contributed by atoms with Crippen LogP contribution in [0.4, 0.5) is 5.82 Å². The minimum atomic E-state index is -3.72. The Bertz CT molecular complexity index is 914. The van der Waals surface area contributed by atoms with Gasteiger partial charge < -0.3 is 0 Å². The van der Waals surface area contributed by atoms with E-state index in [4.69, 9.17) is 0 Å². The van der Waals surface area contributed by atoms with Crippen LogP contribution in [0.1, 0.15) is 28.3 Å². The molecule has 1 saturated heterocycles. The number of sulfonamides is 1. The first-order chi connectivity index (χ1) is 11.7. The Kier molecular flexibility index (Phi) is 4.74. The van der Waals surface area contributed by atoms with Gasteiger partial charge in [-0.1, -0.05) is 0 Å². The number of aromatic nitrogens is 2. The Morgan fingerprint density at radius 1 is 1.28 bits per heavy atom. The molecule has 3 rings (SSSR count). The lowest BCUT2D eigenvalue weighted by Crippen LogP contribution is -2.52. The summed E-state index contributed by atoms with van der Waals surface area (Å²) < 4.78 is 29.7. The summed E-state index contributed by atoms with van der Waals surface area (Å²) in [5, 5.41) is 4.27. The largest absolute Gasteiger partial charge is 0.296 e. The standard InChI is InChI=1S/C16H22N4O3S2/c1-10-8-15(19(4)17-10)20-7-5-6-13(16(20)21)18-25(22,23)14-9-11(2)24-12(14)3/h8-9,13,18H,5-7H2,1-4H3. The summed E-state index contributed by atoms with van der Waals surface area (Å²) in [7, 11) is -1.94. The summed E-state index contributed by atoms with van der Waals surface area (Å²) in [4.78, 5) is 16.4. The number of nitrogens with zero attached hydrogens (tertiary/aromatic N) is 3. The zero-order valence-electron chi connectivity index (χ0n) is 14.7. The van der Waals surface area contributed by atoms with Crippen LogP contribution in [-0.4, -0.2) is 36.7 Å². The summed E-state index contributed by atoms with van der Waals surface area (Å²) in [6, 6.07) is 2.73. The molecule has 2 aromatic heterocycles. The van der Waals surface area contributed by atoms with Gasteiger partial charge in [0.05, 0.1) is 10.6 Å². The Morgan fingerprint density at radius 3 is 2.56 bits per heavy atom. The van der Waals surface area contributed by atoms with Crippen molar-refractivity contribution in [1.29, 1.82) is 0 Å². The molecule has 0 aliphatic carbocycles. The highest BCUT2D eigenvalue weighted by molar-refractivity contribution is 7.89. The summed E-state index contributed by atoms with van der Waals surface area (Å²) >= 11 is 1.43. The number of amides is 1. The van der Waals surface area contributed by atoms with Crippen LogP contribution in [0.2, 0.25) is 0 Å². The number of nitrogens with one attached hydrogen (secondary N) is 1. The van der Waals surface area contributed by atoms with Crippen molar-refractivity contribution < 1.29 is 13.2 Å². The first kappa shape index (κ1) is 18.1. The molecule has 3 heterocycles. The number of anilines is 1. The van der Waals surface area contributed by atoms with Crippen LogP contribution in [0, 0.1) is 20.8 Å².